The Morgan fingerprint density at radius 1 is 1.05 bits per heavy atom. The van der Waals surface area contributed by atoms with Crippen molar-refractivity contribution in [2.75, 3.05) is 0 Å². The van der Waals surface area contributed by atoms with E-state index in [0.29, 0.717) is 21.9 Å². The monoisotopic (exact) mass is 288 g/mol. The van der Waals surface area contributed by atoms with E-state index in [4.69, 9.17) is 16.3 Å². The standard InChI is InChI=1S/C15H9ClO4/c16-9-2-4-13-10(7-9)15(19)14(20-13)6-8-1-3-11(17)12(18)5-8/h1-7,17-18H. The molecule has 100 valence electrons. The van der Waals surface area contributed by atoms with Crippen molar-refractivity contribution in [3.05, 3.63) is 58.3 Å². The fourth-order valence-corrected chi connectivity index (χ4v) is 2.11. The molecule has 0 aliphatic carbocycles. The molecule has 20 heavy (non-hydrogen) atoms. The third-order valence-electron chi connectivity index (χ3n) is 2.93. The number of allylic oxidation sites excluding steroid dienone is 1. The van der Waals surface area contributed by atoms with Crippen molar-refractivity contribution < 1.29 is 19.7 Å². The first kappa shape index (κ1) is 12.6. The number of hydrogen-bond acceptors (Lipinski definition) is 4. The van der Waals surface area contributed by atoms with Gasteiger partial charge in [-0.3, -0.25) is 4.79 Å². The number of halogens is 1. The predicted molar refractivity (Wildman–Crippen MR) is 74.2 cm³/mol. The zero-order valence-corrected chi connectivity index (χ0v) is 10.9. The molecule has 2 aromatic rings. The molecule has 0 fully saturated rings. The molecule has 4 nitrogen and oxygen atoms in total. The Kier molecular flexibility index (Phi) is 2.88. The van der Waals surface area contributed by atoms with Crippen LogP contribution in [0.25, 0.3) is 6.08 Å². The van der Waals surface area contributed by atoms with Gasteiger partial charge in [-0.25, -0.2) is 0 Å². The summed E-state index contributed by atoms with van der Waals surface area (Å²) in [5.41, 5.74) is 0.953. The van der Waals surface area contributed by atoms with Crippen molar-refractivity contribution in [2.24, 2.45) is 0 Å². The number of ether oxygens (including phenoxy) is 1. The second-order valence-electron chi connectivity index (χ2n) is 4.33. The van der Waals surface area contributed by atoms with Crippen molar-refractivity contribution in [2.45, 2.75) is 0 Å². The largest absolute Gasteiger partial charge is 0.504 e. The number of carbonyl (C=O) groups excluding carboxylic acids is 1. The molecule has 0 aromatic heterocycles. The Bertz CT molecular complexity index is 750. The molecule has 2 N–H and O–H groups in total. The van der Waals surface area contributed by atoms with Crippen molar-refractivity contribution in [1.82, 2.24) is 0 Å². The highest BCUT2D eigenvalue weighted by Crippen LogP contribution is 2.34. The van der Waals surface area contributed by atoms with Crippen molar-refractivity contribution in [3.8, 4) is 17.2 Å². The minimum absolute atomic E-state index is 0.146. The first-order valence-electron chi connectivity index (χ1n) is 5.80. The first-order valence-corrected chi connectivity index (χ1v) is 6.18. The zero-order chi connectivity index (χ0) is 14.3. The van der Waals surface area contributed by atoms with Gasteiger partial charge in [0.25, 0.3) is 0 Å². The highest BCUT2D eigenvalue weighted by molar-refractivity contribution is 6.31. The lowest BCUT2D eigenvalue weighted by molar-refractivity contribution is 0.101. The second kappa shape index (κ2) is 4.58. The van der Waals surface area contributed by atoms with Crippen molar-refractivity contribution in [3.63, 3.8) is 0 Å². The van der Waals surface area contributed by atoms with Gasteiger partial charge in [0.2, 0.25) is 5.78 Å². The smallest absolute Gasteiger partial charge is 0.232 e. The Hall–Kier alpha value is -2.46. The molecular formula is C15H9ClO4. The van der Waals surface area contributed by atoms with Gasteiger partial charge >= 0.3 is 0 Å². The normalized spacial score (nSPS) is 15.2. The van der Waals surface area contributed by atoms with Crippen LogP contribution in [0.3, 0.4) is 0 Å². The number of fused-ring (bicyclic) bond motifs is 1. The highest BCUT2D eigenvalue weighted by atomic mass is 35.5. The molecular weight excluding hydrogens is 280 g/mol. The van der Waals surface area contributed by atoms with E-state index in [1.165, 1.54) is 18.2 Å². The number of aromatic hydroxyl groups is 2. The minimum Gasteiger partial charge on any atom is -0.504 e. The SMILES string of the molecule is O=C1C(=Cc2ccc(O)c(O)c2)Oc2ccc(Cl)cc21. The molecule has 1 heterocycles. The minimum atomic E-state index is -0.268. The molecule has 0 amide bonds. The van der Waals surface area contributed by atoms with E-state index in [9.17, 15) is 15.0 Å². The van der Waals surface area contributed by atoms with Crippen LogP contribution < -0.4 is 4.74 Å². The van der Waals surface area contributed by atoms with E-state index in [1.54, 1.807) is 24.3 Å². The number of ketones is 1. The van der Waals surface area contributed by atoms with Gasteiger partial charge in [-0.2, -0.15) is 0 Å². The highest BCUT2D eigenvalue weighted by Gasteiger charge is 2.27. The molecule has 0 radical (unpaired) electrons. The summed E-state index contributed by atoms with van der Waals surface area (Å²) in [7, 11) is 0. The van der Waals surface area contributed by atoms with Gasteiger partial charge in [0.1, 0.15) is 5.75 Å². The predicted octanol–water partition coefficient (Wildman–Crippen LogP) is 3.37. The summed E-state index contributed by atoms with van der Waals surface area (Å²) in [6, 6.07) is 9.07. The van der Waals surface area contributed by atoms with Gasteiger partial charge in [-0.05, 0) is 42.0 Å². The van der Waals surface area contributed by atoms with Crippen molar-refractivity contribution >= 4 is 23.5 Å². The third kappa shape index (κ3) is 2.10. The number of carbonyl (C=O) groups is 1. The van der Waals surface area contributed by atoms with Crippen LogP contribution in [-0.4, -0.2) is 16.0 Å². The molecule has 1 aliphatic rings. The average molecular weight is 289 g/mol. The summed E-state index contributed by atoms with van der Waals surface area (Å²) in [5, 5.41) is 19.1. The van der Waals surface area contributed by atoms with E-state index in [2.05, 4.69) is 0 Å². The summed E-state index contributed by atoms with van der Waals surface area (Å²) in [5.74, 6) is -0.151. The quantitative estimate of drug-likeness (QED) is 0.624. The Morgan fingerprint density at radius 2 is 1.85 bits per heavy atom. The van der Waals surface area contributed by atoms with E-state index in [1.807, 2.05) is 0 Å². The number of phenols is 2. The van der Waals surface area contributed by atoms with Crippen molar-refractivity contribution in [1.29, 1.82) is 0 Å². The van der Waals surface area contributed by atoms with E-state index in [-0.39, 0.29) is 23.0 Å². The number of phenolic OH excluding ortho intramolecular Hbond substituents is 2. The fraction of sp³-hybridized carbons (Fsp3) is 0. The first-order chi connectivity index (χ1) is 9.54. The summed E-state index contributed by atoms with van der Waals surface area (Å²) < 4.78 is 5.46. The van der Waals surface area contributed by atoms with Gasteiger partial charge in [0.05, 0.1) is 5.56 Å². The summed E-state index contributed by atoms with van der Waals surface area (Å²) in [6.07, 6.45) is 1.50. The van der Waals surface area contributed by atoms with Crippen LogP contribution >= 0.6 is 11.6 Å². The molecule has 2 aromatic carbocycles. The maximum Gasteiger partial charge on any atom is 0.232 e. The molecule has 0 bridgehead atoms. The van der Waals surface area contributed by atoms with Gasteiger partial charge in [0, 0.05) is 5.02 Å². The molecule has 0 saturated heterocycles. The van der Waals surface area contributed by atoms with Crippen LogP contribution in [0.5, 0.6) is 17.2 Å². The van der Waals surface area contributed by atoms with Crippen LogP contribution in [0.2, 0.25) is 5.02 Å². The van der Waals surface area contributed by atoms with Crippen LogP contribution in [0.15, 0.2) is 42.2 Å². The molecule has 0 atom stereocenters. The molecule has 5 heteroatoms. The number of rotatable bonds is 1. The summed E-state index contributed by atoms with van der Waals surface area (Å²) in [4.78, 5) is 12.1. The maximum atomic E-state index is 12.1. The summed E-state index contributed by atoms with van der Waals surface area (Å²) in [6.45, 7) is 0. The number of hydrogen-bond donors (Lipinski definition) is 2. The molecule has 3 rings (SSSR count). The van der Waals surface area contributed by atoms with Crippen LogP contribution in [0, 0.1) is 0 Å². The Balaban J connectivity index is 1.99. The van der Waals surface area contributed by atoms with E-state index < -0.39 is 0 Å². The Labute approximate surface area is 119 Å². The second-order valence-corrected chi connectivity index (χ2v) is 4.76. The van der Waals surface area contributed by atoms with Crippen LogP contribution in [0.4, 0.5) is 0 Å². The molecule has 0 unspecified atom stereocenters. The van der Waals surface area contributed by atoms with Gasteiger partial charge < -0.3 is 14.9 Å². The van der Waals surface area contributed by atoms with E-state index >= 15 is 0 Å². The fourth-order valence-electron chi connectivity index (χ4n) is 1.94. The van der Waals surface area contributed by atoms with Gasteiger partial charge in [-0.1, -0.05) is 17.7 Å². The number of Topliss-reactive ketones (excluding diaryl/α,β-unsaturated/α-hetero) is 1. The lowest BCUT2D eigenvalue weighted by Crippen LogP contribution is -1.98. The molecule has 1 aliphatic heterocycles. The summed E-state index contributed by atoms with van der Waals surface area (Å²) >= 11 is 5.85. The van der Waals surface area contributed by atoms with E-state index in [0.717, 1.165) is 0 Å². The lowest BCUT2D eigenvalue weighted by Gasteiger charge is -2.00. The lowest BCUT2D eigenvalue weighted by atomic mass is 10.1. The number of benzene rings is 2. The van der Waals surface area contributed by atoms with Crippen LogP contribution in [0.1, 0.15) is 15.9 Å². The zero-order valence-electron chi connectivity index (χ0n) is 10.1. The molecule has 0 spiro atoms. The van der Waals surface area contributed by atoms with Gasteiger partial charge in [-0.15, -0.1) is 0 Å². The molecule has 0 saturated carbocycles. The third-order valence-corrected chi connectivity index (χ3v) is 3.16. The maximum absolute atomic E-state index is 12.1. The topological polar surface area (TPSA) is 66.8 Å². The average Bonchev–Trinajstić information content (AvgIpc) is 2.71. The van der Waals surface area contributed by atoms with Crippen LogP contribution in [-0.2, 0) is 0 Å². The Morgan fingerprint density at radius 3 is 2.60 bits per heavy atom. The van der Waals surface area contributed by atoms with Gasteiger partial charge in [0.15, 0.2) is 17.3 Å².